The van der Waals surface area contributed by atoms with Crippen LogP contribution in [-0.4, -0.2) is 16.7 Å². The number of benzene rings is 1. The number of amides is 2. The predicted molar refractivity (Wildman–Crippen MR) is 69.5 cm³/mol. The van der Waals surface area contributed by atoms with Crippen LogP contribution in [0.25, 0.3) is 0 Å². The fourth-order valence-electron chi connectivity index (χ4n) is 2.25. The number of hydrogen-bond acceptors (Lipinski definition) is 3. The zero-order chi connectivity index (χ0) is 13.3. The van der Waals surface area contributed by atoms with Gasteiger partial charge in [-0.15, -0.1) is 0 Å². The first kappa shape index (κ1) is 12.6. The number of likely N-dealkylation sites (tertiary alicyclic amines) is 1. The van der Waals surface area contributed by atoms with E-state index < -0.39 is 0 Å². The van der Waals surface area contributed by atoms with E-state index in [0.29, 0.717) is 25.1 Å². The molecule has 2 N–H and O–H groups in total. The highest BCUT2D eigenvalue weighted by atomic mass is 16.2. The molecule has 0 saturated carbocycles. The van der Waals surface area contributed by atoms with E-state index in [2.05, 4.69) is 0 Å². The number of anilines is 1. The third kappa shape index (κ3) is 2.37. The van der Waals surface area contributed by atoms with Crippen molar-refractivity contribution in [2.45, 2.75) is 33.2 Å². The van der Waals surface area contributed by atoms with Crippen LogP contribution in [0.5, 0.6) is 0 Å². The number of hydrogen-bond donors (Lipinski definition) is 1. The van der Waals surface area contributed by atoms with Gasteiger partial charge in [0.2, 0.25) is 11.8 Å². The van der Waals surface area contributed by atoms with Crippen LogP contribution in [0.15, 0.2) is 18.2 Å². The van der Waals surface area contributed by atoms with E-state index >= 15 is 0 Å². The van der Waals surface area contributed by atoms with Crippen molar-refractivity contribution in [3.63, 3.8) is 0 Å². The average Bonchev–Trinajstić information content (AvgIpc) is 2.28. The minimum Gasteiger partial charge on any atom is -0.399 e. The summed E-state index contributed by atoms with van der Waals surface area (Å²) in [6.45, 7) is 4.17. The molecule has 2 rings (SSSR count). The van der Waals surface area contributed by atoms with E-state index in [1.165, 1.54) is 4.90 Å². The maximum atomic E-state index is 11.9. The summed E-state index contributed by atoms with van der Waals surface area (Å²) in [4.78, 5) is 25.1. The first-order valence-electron chi connectivity index (χ1n) is 6.16. The zero-order valence-electron chi connectivity index (χ0n) is 10.8. The molecule has 96 valence electrons. The van der Waals surface area contributed by atoms with E-state index in [9.17, 15) is 9.59 Å². The Morgan fingerprint density at radius 3 is 2.50 bits per heavy atom. The fraction of sp³-hybridized carbons (Fsp3) is 0.429. The van der Waals surface area contributed by atoms with Gasteiger partial charge >= 0.3 is 0 Å². The van der Waals surface area contributed by atoms with Crippen LogP contribution in [0.1, 0.15) is 30.9 Å². The standard InChI is InChI=1S/C14H18N2O2/c1-9-6-13(17)16(14(18)7-9)8-11-4-3-5-12(15)10(11)2/h3-5,9H,6-8,15H2,1-2H3. The molecule has 0 unspecified atom stereocenters. The number of carbonyl (C=O) groups excluding carboxylic acids is 2. The summed E-state index contributed by atoms with van der Waals surface area (Å²) in [5.41, 5.74) is 8.40. The quantitative estimate of drug-likeness (QED) is 0.640. The second-order valence-corrected chi connectivity index (χ2v) is 5.02. The van der Waals surface area contributed by atoms with Crippen LogP contribution in [0.2, 0.25) is 0 Å². The van der Waals surface area contributed by atoms with Gasteiger partial charge in [-0.3, -0.25) is 14.5 Å². The molecule has 2 amide bonds. The Balaban J connectivity index is 2.20. The minimum absolute atomic E-state index is 0.0828. The van der Waals surface area contributed by atoms with Crippen LogP contribution in [0.4, 0.5) is 5.69 Å². The van der Waals surface area contributed by atoms with Crippen LogP contribution in [-0.2, 0) is 16.1 Å². The normalized spacial score (nSPS) is 17.3. The second-order valence-electron chi connectivity index (χ2n) is 5.02. The summed E-state index contributed by atoms with van der Waals surface area (Å²) in [5.74, 6) is -0.00987. The topological polar surface area (TPSA) is 63.4 Å². The lowest BCUT2D eigenvalue weighted by Gasteiger charge is -2.28. The smallest absolute Gasteiger partial charge is 0.229 e. The van der Waals surface area contributed by atoms with E-state index in [4.69, 9.17) is 5.73 Å². The molecule has 0 radical (unpaired) electrons. The van der Waals surface area contributed by atoms with Crippen molar-refractivity contribution in [3.8, 4) is 0 Å². The number of imide groups is 1. The summed E-state index contributed by atoms with van der Waals surface area (Å²) in [6.07, 6.45) is 0.903. The van der Waals surface area contributed by atoms with E-state index in [-0.39, 0.29) is 17.7 Å². The number of rotatable bonds is 2. The maximum Gasteiger partial charge on any atom is 0.229 e. The molecular weight excluding hydrogens is 228 g/mol. The Kier molecular flexibility index (Phi) is 3.36. The molecule has 4 heteroatoms. The lowest BCUT2D eigenvalue weighted by molar-refractivity contribution is -0.150. The Morgan fingerprint density at radius 2 is 1.89 bits per heavy atom. The van der Waals surface area contributed by atoms with Crippen molar-refractivity contribution < 1.29 is 9.59 Å². The van der Waals surface area contributed by atoms with Gasteiger partial charge in [0.05, 0.1) is 6.54 Å². The number of carbonyl (C=O) groups is 2. The summed E-state index contributed by atoms with van der Waals surface area (Å²) in [6, 6.07) is 5.57. The van der Waals surface area contributed by atoms with Crippen molar-refractivity contribution >= 4 is 17.5 Å². The van der Waals surface area contributed by atoms with Gasteiger partial charge in [0.1, 0.15) is 0 Å². The van der Waals surface area contributed by atoms with E-state index in [1.54, 1.807) is 0 Å². The summed E-state index contributed by atoms with van der Waals surface area (Å²) in [5, 5.41) is 0. The summed E-state index contributed by atoms with van der Waals surface area (Å²) >= 11 is 0. The van der Waals surface area contributed by atoms with Gasteiger partial charge in [-0.2, -0.15) is 0 Å². The highest BCUT2D eigenvalue weighted by Crippen LogP contribution is 2.23. The molecular formula is C14H18N2O2. The molecule has 1 aliphatic rings. The third-order valence-electron chi connectivity index (χ3n) is 3.46. The lowest BCUT2D eigenvalue weighted by Crippen LogP contribution is -2.42. The number of piperidine rings is 1. The molecule has 0 bridgehead atoms. The minimum atomic E-state index is -0.0828. The SMILES string of the molecule is Cc1c(N)cccc1CN1C(=O)CC(C)CC1=O. The molecule has 1 fully saturated rings. The molecule has 0 aliphatic carbocycles. The maximum absolute atomic E-state index is 11.9. The van der Waals surface area contributed by atoms with Gasteiger partial charge in [-0.1, -0.05) is 19.1 Å². The highest BCUT2D eigenvalue weighted by molar-refractivity contribution is 5.97. The molecule has 18 heavy (non-hydrogen) atoms. The van der Waals surface area contributed by atoms with E-state index in [0.717, 1.165) is 11.1 Å². The monoisotopic (exact) mass is 246 g/mol. The predicted octanol–water partition coefficient (Wildman–Crippen LogP) is 1.86. The van der Waals surface area contributed by atoms with Crippen molar-refractivity contribution in [3.05, 3.63) is 29.3 Å². The van der Waals surface area contributed by atoms with Crippen molar-refractivity contribution in [2.75, 3.05) is 5.73 Å². The summed E-state index contributed by atoms with van der Waals surface area (Å²) in [7, 11) is 0. The van der Waals surface area contributed by atoms with E-state index in [1.807, 2.05) is 32.0 Å². The first-order valence-corrected chi connectivity index (χ1v) is 6.16. The third-order valence-corrected chi connectivity index (χ3v) is 3.46. The number of nitrogens with zero attached hydrogens (tertiary/aromatic N) is 1. The summed E-state index contributed by atoms with van der Waals surface area (Å²) < 4.78 is 0. The molecule has 1 aromatic carbocycles. The number of nitrogen functional groups attached to an aromatic ring is 1. The van der Waals surface area contributed by atoms with Gasteiger partial charge in [-0.05, 0) is 30.0 Å². The van der Waals surface area contributed by atoms with Gasteiger partial charge in [0.15, 0.2) is 0 Å². The van der Waals surface area contributed by atoms with Gasteiger partial charge < -0.3 is 5.73 Å². The van der Waals surface area contributed by atoms with Gasteiger partial charge in [-0.25, -0.2) is 0 Å². The van der Waals surface area contributed by atoms with Gasteiger partial charge in [0.25, 0.3) is 0 Å². The molecule has 0 atom stereocenters. The average molecular weight is 246 g/mol. The largest absolute Gasteiger partial charge is 0.399 e. The molecule has 1 saturated heterocycles. The molecule has 0 aromatic heterocycles. The van der Waals surface area contributed by atoms with Crippen LogP contribution < -0.4 is 5.73 Å². The molecule has 1 aliphatic heterocycles. The van der Waals surface area contributed by atoms with Crippen molar-refractivity contribution in [1.82, 2.24) is 4.90 Å². The van der Waals surface area contributed by atoms with Gasteiger partial charge in [0, 0.05) is 18.5 Å². The zero-order valence-corrected chi connectivity index (χ0v) is 10.8. The first-order chi connectivity index (χ1) is 8.49. The molecule has 4 nitrogen and oxygen atoms in total. The Bertz CT molecular complexity index is 479. The Labute approximate surface area is 107 Å². The van der Waals surface area contributed by atoms with Crippen LogP contribution in [0.3, 0.4) is 0 Å². The molecule has 0 spiro atoms. The number of nitrogens with two attached hydrogens (primary N) is 1. The Hall–Kier alpha value is -1.84. The fourth-order valence-corrected chi connectivity index (χ4v) is 2.25. The molecule has 1 aromatic rings. The van der Waals surface area contributed by atoms with Crippen LogP contribution >= 0.6 is 0 Å². The van der Waals surface area contributed by atoms with Crippen molar-refractivity contribution in [1.29, 1.82) is 0 Å². The second kappa shape index (κ2) is 4.80. The Morgan fingerprint density at radius 1 is 1.28 bits per heavy atom. The van der Waals surface area contributed by atoms with Crippen LogP contribution in [0, 0.1) is 12.8 Å². The molecule has 1 heterocycles. The lowest BCUT2D eigenvalue weighted by atomic mass is 9.96. The highest BCUT2D eigenvalue weighted by Gasteiger charge is 2.30. The van der Waals surface area contributed by atoms with Crippen molar-refractivity contribution in [2.24, 2.45) is 5.92 Å².